The van der Waals surface area contributed by atoms with Crippen molar-refractivity contribution in [3.8, 4) is 0 Å². The Bertz CT molecular complexity index is 794. The van der Waals surface area contributed by atoms with Crippen LogP contribution in [0, 0.1) is 34.6 Å². The van der Waals surface area contributed by atoms with Crippen LogP contribution in [0.25, 0.3) is 0 Å². The van der Waals surface area contributed by atoms with Gasteiger partial charge in [0.1, 0.15) is 0 Å². The minimum atomic E-state index is -3.68. The van der Waals surface area contributed by atoms with E-state index in [-0.39, 0.29) is 31.1 Å². The van der Waals surface area contributed by atoms with Gasteiger partial charge in [-0.2, -0.15) is 0 Å². The van der Waals surface area contributed by atoms with Crippen molar-refractivity contribution in [3.63, 3.8) is 0 Å². The summed E-state index contributed by atoms with van der Waals surface area (Å²) >= 11 is 0. The Balaban J connectivity index is 2.09. The van der Waals surface area contributed by atoms with Gasteiger partial charge in [0.05, 0.1) is 17.1 Å². The third-order valence-corrected chi connectivity index (χ3v) is 7.34. The van der Waals surface area contributed by atoms with E-state index >= 15 is 0 Å². The highest BCUT2D eigenvalue weighted by Gasteiger charge is 2.27. The number of sulfonamides is 1. The normalized spacial score (nSPS) is 20.8. The molecule has 0 aliphatic carbocycles. The second-order valence-corrected chi connectivity index (χ2v) is 9.36. The molecule has 0 spiro atoms. The topological polar surface area (TPSA) is 75.7 Å². The number of hydrogen-bond donors (Lipinski definition) is 1. The SMILES string of the molecule is Cc1c(C)c(C)c(S(=O)(=O)NCCC(=O)N2CC(C)OC(C)C2)c(C)c1C. The summed E-state index contributed by atoms with van der Waals surface area (Å²) in [7, 11) is -3.68. The highest BCUT2D eigenvalue weighted by molar-refractivity contribution is 7.89. The number of carbonyl (C=O) groups excluding carboxylic acids is 1. The number of benzene rings is 1. The Labute approximate surface area is 163 Å². The molecule has 1 amide bonds. The van der Waals surface area contributed by atoms with Gasteiger partial charge in [-0.15, -0.1) is 0 Å². The molecule has 1 N–H and O–H groups in total. The van der Waals surface area contributed by atoms with Crippen molar-refractivity contribution >= 4 is 15.9 Å². The van der Waals surface area contributed by atoms with Gasteiger partial charge in [-0.05, 0) is 76.3 Å². The summed E-state index contributed by atoms with van der Waals surface area (Å²) in [6.45, 7) is 14.6. The van der Waals surface area contributed by atoms with Gasteiger partial charge in [0.25, 0.3) is 0 Å². The third-order valence-electron chi connectivity index (χ3n) is 5.60. The Hall–Kier alpha value is -1.44. The fourth-order valence-corrected chi connectivity index (χ4v) is 5.40. The van der Waals surface area contributed by atoms with Crippen molar-refractivity contribution in [2.75, 3.05) is 19.6 Å². The molecular weight excluding hydrogens is 364 g/mol. The van der Waals surface area contributed by atoms with Gasteiger partial charge in [0.15, 0.2) is 0 Å². The lowest BCUT2D eigenvalue weighted by Gasteiger charge is -2.35. The Morgan fingerprint density at radius 2 is 1.41 bits per heavy atom. The Morgan fingerprint density at radius 3 is 1.89 bits per heavy atom. The van der Waals surface area contributed by atoms with Crippen LogP contribution in [0.15, 0.2) is 4.90 Å². The lowest BCUT2D eigenvalue weighted by molar-refractivity contribution is -0.143. The molecule has 1 aromatic carbocycles. The number of morpholine rings is 1. The fourth-order valence-electron chi connectivity index (χ4n) is 3.77. The van der Waals surface area contributed by atoms with Gasteiger partial charge in [-0.3, -0.25) is 4.79 Å². The maximum Gasteiger partial charge on any atom is 0.241 e. The minimum Gasteiger partial charge on any atom is -0.372 e. The molecule has 0 aromatic heterocycles. The molecule has 27 heavy (non-hydrogen) atoms. The number of rotatable bonds is 5. The summed E-state index contributed by atoms with van der Waals surface area (Å²) in [6.07, 6.45) is 0.136. The van der Waals surface area contributed by atoms with Gasteiger partial charge >= 0.3 is 0 Å². The lowest BCUT2D eigenvalue weighted by Crippen LogP contribution is -2.48. The lowest BCUT2D eigenvalue weighted by atomic mass is 9.95. The van der Waals surface area contributed by atoms with Gasteiger partial charge in [-0.1, -0.05) is 0 Å². The van der Waals surface area contributed by atoms with E-state index < -0.39 is 10.0 Å². The Kier molecular flexibility index (Phi) is 6.71. The van der Waals surface area contributed by atoms with Crippen molar-refractivity contribution in [1.29, 1.82) is 0 Å². The monoisotopic (exact) mass is 396 g/mol. The van der Waals surface area contributed by atoms with E-state index in [1.807, 2.05) is 48.5 Å². The molecule has 6 nitrogen and oxygen atoms in total. The molecule has 1 fully saturated rings. The first-order valence-corrected chi connectivity index (χ1v) is 10.9. The van der Waals surface area contributed by atoms with Crippen LogP contribution in [0.5, 0.6) is 0 Å². The van der Waals surface area contributed by atoms with E-state index in [9.17, 15) is 13.2 Å². The standard InChI is InChI=1S/C20H32N2O4S/c1-12-10-22(11-13(2)26-12)19(23)8-9-21-27(24,25)20-17(6)15(4)14(3)16(5)18(20)7/h12-13,21H,8-11H2,1-7H3. The molecule has 0 saturated carbocycles. The van der Waals surface area contributed by atoms with E-state index in [0.29, 0.717) is 18.0 Å². The largest absolute Gasteiger partial charge is 0.372 e. The van der Waals surface area contributed by atoms with Crippen LogP contribution in [-0.4, -0.2) is 51.1 Å². The molecule has 152 valence electrons. The van der Waals surface area contributed by atoms with Gasteiger partial charge < -0.3 is 9.64 Å². The summed E-state index contributed by atoms with van der Waals surface area (Å²) in [5.41, 5.74) is 4.64. The van der Waals surface area contributed by atoms with Crippen LogP contribution in [0.1, 0.15) is 48.1 Å². The quantitative estimate of drug-likeness (QED) is 0.830. The summed E-state index contributed by atoms with van der Waals surface area (Å²) in [6, 6.07) is 0. The molecule has 7 heteroatoms. The maximum absolute atomic E-state index is 12.9. The average Bonchev–Trinajstić information content (AvgIpc) is 2.57. The van der Waals surface area contributed by atoms with E-state index in [1.165, 1.54) is 0 Å². The molecular formula is C20H32N2O4S. The van der Waals surface area contributed by atoms with Crippen molar-refractivity contribution in [2.24, 2.45) is 0 Å². The first kappa shape index (κ1) is 21.9. The molecule has 1 saturated heterocycles. The highest BCUT2D eigenvalue weighted by Crippen LogP contribution is 2.29. The van der Waals surface area contributed by atoms with E-state index in [2.05, 4.69) is 4.72 Å². The second kappa shape index (κ2) is 8.29. The number of hydrogen-bond acceptors (Lipinski definition) is 4. The number of nitrogens with zero attached hydrogens (tertiary/aromatic N) is 1. The molecule has 2 unspecified atom stereocenters. The zero-order chi connectivity index (χ0) is 20.5. The fraction of sp³-hybridized carbons (Fsp3) is 0.650. The van der Waals surface area contributed by atoms with Crippen LogP contribution >= 0.6 is 0 Å². The van der Waals surface area contributed by atoms with Crippen molar-refractivity contribution in [1.82, 2.24) is 9.62 Å². The summed E-state index contributed by atoms with van der Waals surface area (Å²) in [5, 5.41) is 0. The van der Waals surface area contributed by atoms with Crippen LogP contribution in [0.4, 0.5) is 0 Å². The van der Waals surface area contributed by atoms with Crippen LogP contribution < -0.4 is 4.72 Å². The molecule has 0 bridgehead atoms. The van der Waals surface area contributed by atoms with Crippen LogP contribution in [-0.2, 0) is 19.6 Å². The minimum absolute atomic E-state index is 0.00167. The smallest absolute Gasteiger partial charge is 0.241 e. The highest BCUT2D eigenvalue weighted by atomic mass is 32.2. The van der Waals surface area contributed by atoms with E-state index in [1.54, 1.807) is 4.90 Å². The predicted octanol–water partition coefficient (Wildman–Crippen LogP) is 2.53. The average molecular weight is 397 g/mol. The molecule has 1 aliphatic heterocycles. The van der Waals surface area contributed by atoms with Gasteiger partial charge in [0.2, 0.25) is 15.9 Å². The van der Waals surface area contributed by atoms with Gasteiger partial charge in [-0.25, -0.2) is 13.1 Å². The number of nitrogens with one attached hydrogen (secondary N) is 1. The molecule has 2 rings (SSSR count). The van der Waals surface area contributed by atoms with E-state index in [0.717, 1.165) is 27.8 Å². The van der Waals surface area contributed by atoms with Crippen LogP contribution in [0.2, 0.25) is 0 Å². The van der Waals surface area contributed by atoms with Crippen molar-refractivity contribution < 1.29 is 17.9 Å². The second-order valence-electron chi connectivity index (χ2n) is 7.66. The third kappa shape index (κ3) is 4.70. The number of carbonyl (C=O) groups is 1. The van der Waals surface area contributed by atoms with Crippen molar-refractivity contribution in [3.05, 3.63) is 27.8 Å². The predicted molar refractivity (Wildman–Crippen MR) is 107 cm³/mol. The zero-order valence-electron chi connectivity index (χ0n) is 17.5. The van der Waals surface area contributed by atoms with Crippen molar-refractivity contribution in [2.45, 2.75) is 72.0 Å². The molecule has 1 aliphatic rings. The summed E-state index contributed by atoms with van der Waals surface area (Å²) in [4.78, 5) is 14.5. The number of amides is 1. The molecule has 2 atom stereocenters. The zero-order valence-corrected chi connectivity index (χ0v) is 18.3. The molecule has 0 radical (unpaired) electrons. The first-order valence-electron chi connectivity index (χ1n) is 9.45. The summed E-state index contributed by atoms with van der Waals surface area (Å²) < 4.78 is 34.0. The first-order chi connectivity index (χ1) is 12.5. The van der Waals surface area contributed by atoms with Gasteiger partial charge in [0, 0.05) is 26.1 Å². The summed E-state index contributed by atoms with van der Waals surface area (Å²) in [5.74, 6) is -0.0515. The molecule has 1 aromatic rings. The molecule has 1 heterocycles. The van der Waals surface area contributed by atoms with E-state index in [4.69, 9.17) is 4.74 Å². The van der Waals surface area contributed by atoms with Crippen LogP contribution in [0.3, 0.4) is 0 Å². The Morgan fingerprint density at radius 1 is 0.963 bits per heavy atom. The number of ether oxygens (including phenoxy) is 1. The maximum atomic E-state index is 12.9.